The van der Waals surface area contributed by atoms with E-state index in [2.05, 4.69) is 31.3 Å². The van der Waals surface area contributed by atoms with Gasteiger partial charge in [-0.1, -0.05) is 20.3 Å². The van der Waals surface area contributed by atoms with Crippen molar-refractivity contribution < 1.29 is 9.47 Å². The number of hydrogen-bond acceptors (Lipinski definition) is 4. The first-order valence-electron chi connectivity index (χ1n) is 7.31. The van der Waals surface area contributed by atoms with Gasteiger partial charge in [0.05, 0.1) is 19.8 Å². The molecule has 3 nitrogen and oxygen atoms in total. The van der Waals surface area contributed by atoms with Crippen molar-refractivity contribution in [1.29, 1.82) is 0 Å². The summed E-state index contributed by atoms with van der Waals surface area (Å²) in [5.41, 5.74) is 1.17. The molecule has 1 saturated heterocycles. The van der Waals surface area contributed by atoms with Crippen molar-refractivity contribution in [3.63, 3.8) is 0 Å². The molecule has 1 aromatic rings. The number of hydrogen-bond donors (Lipinski definition) is 1. The molecule has 20 heavy (non-hydrogen) atoms. The fourth-order valence-electron chi connectivity index (χ4n) is 2.70. The summed E-state index contributed by atoms with van der Waals surface area (Å²) in [4.78, 5) is 1.20. The zero-order valence-corrected chi connectivity index (χ0v) is 13.7. The van der Waals surface area contributed by atoms with Crippen LogP contribution in [0.4, 0.5) is 0 Å². The molecule has 1 heterocycles. The van der Waals surface area contributed by atoms with Crippen LogP contribution in [0.3, 0.4) is 0 Å². The van der Waals surface area contributed by atoms with Crippen LogP contribution >= 0.6 is 11.8 Å². The summed E-state index contributed by atoms with van der Waals surface area (Å²) in [7, 11) is 3.48. The van der Waals surface area contributed by atoms with E-state index in [9.17, 15) is 0 Å². The molecule has 0 spiro atoms. The Bertz CT molecular complexity index is 417. The van der Waals surface area contributed by atoms with Gasteiger partial charge in [-0.25, -0.2) is 0 Å². The van der Waals surface area contributed by atoms with Gasteiger partial charge in [0, 0.05) is 16.2 Å². The minimum absolute atomic E-state index is 0.340. The summed E-state index contributed by atoms with van der Waals surface area (Å²) in [6.07, 6.45) is 3.65. The quantitative estimate of drug-likeness (QED) is 0.831. The van der Waals surface area contributed by atoms with Crippen LogP contribution in [0.1, 0.15) is 44.7 Å². The Hall–Kier alpha value is -0.870. The lowest BCUT2D eigenvalue weighted by atomic mass is 9.96. The van der Waals surface area contributed by atoms with Gasteiger partial charge in [-0.15, -0.1) is 11.8 Å². The summed E-state index contributed by atoms with van der Waals surface area (Å²) in [5.74, 6) is 1.87. The van der Waals surface area contributed by atoms with Crippen LogP contribution in [-0.4, -0.2) is 26.0 Å². The lowest BCUT2D eigenvalue weighted by Gasteiger charge is -2.27. The van der Waals surface area contributed by atoms with Gasteiger partial charge in [0.1, 0.15) is 11.5 Å². The molecule has 2 rings (SSSR count). The molecular formula is C16H25NO2S. The van der Waals surface area contributed by atoms with E-state index in [1.165, 1.54) is 23.3 Å². The molecule has 1 unspecified atom stereocenters. The summed E-state index contributed by atoms with van der Waals surface area (Å²) in [5, 5.41) is 4.12. The second-order valence-corrected chi connectivity index (χ2v) is 7.06. The molecule has 0 radical (unpaired) electrons. The van der Waals surface area contributed by atoms with E-state index in [-0.39, 0.29) is 0 Å². The molecule has 1 aliphatic rings. The molecule has 0 aliphatic carbocycles. The molecular weight excluding hydrogens is 270 g/mol. The molecule has 0 aromatic heterocycles. The zero-order chi connectivity index (χ0) is 14.5. The van der Waals surface area contributed by atoms with Crippen molar-refractivity contribution in [1.82, 2.24) is 5.32 Å². The maximum Gasteiger partial charge on any atom is 0.128 e. The molecule has 0 amide bonds. The predicted molar refractivity (Wildman–Crippen MR) is 85.1 cm³/mol. The smallest absolute Gasteiger partial charge is 0.128 e. The fourth-order valence-corrected chi connectivity index (χ4v) is 3.59. The first-order chi connectivity index (χ1) is 9.65. The summed E-state index contributed by atoms with van der Waals surface area (Å²) >= 11 is 1.83. The maximum absolute atomic E-state index is 5.63. The number of ether oxygens (including phenoxy) is 2. The lowest BCUT2D eigenvalue weighted by molar-refractivity contribution is 0.347. The van der Waals surface area contributed by atoms with Crippen LogP contribution in [0, 0.1) is 0 Å². The van der Waals surface area contributed by atoms with Crippen molar-refractivity contribution in [3.8, 4) is 11.5 Å². The van der Waals surface area contributed by atoms with Gasteiger partial charge in [-0.3, -0.25) is 0 Å². The van der Waals surface area contributed by atoms with Crippen molar-refractivity contribution >= 4 is 11.8 Å². The van der Waals surface area contributed by atoms with Gasteiger partial charge in [-0.2, -0.15) is 0 Å². The number of nitrogens with one attached hydrogen (secondary N) is 1. The molecule has 1 atom stereocenters. The monoisotopic (exact) mass is 295 g/mol. The standard InChI is InChI=1S/C16H25NO2S/c1-11(2)20-12-9-14(18-3)16(15(10-12)19-4)13-7-5-6-8-17-13/h9-11,13,17H,5-8H2,1-4H3. The van der Waals surface area contributed by atoms with Crippen LogP contribution < -0.4 is 14.8 Å². The highest BCUT2D eigenvalue weighted by Gasteiger charge is 2.23. The molecule has 1 aliphatic heterocycles. The van der Waals surface area contributed by atoms with Gasteiger partial charge >= 0.3 is 0 Å². The molecule has 112 valence electrons. The number of piperidine rings is 1. The average molecular weight is 295 g/mol. The van der Waals surface area contributed by atoms with Gasteiger partial charge in [0.25, 0.3) is 0 Å². The van der Waals surface area contributed by atoms with Crippen LogP contribution in [-0.2, 0) is 0 Å². The third-order valence-corrected chi connectivity index (χ3v) is 4.53. The van der Waals surface area contributed by atoms with Crippen LogP contribution in [0.2, 0.25) is 0 Å². The van der Waals surface area contributed by atoms with E-state index in [1.54, 1.807) is 14.2 Å². The predicted octanol–water partition coefficient (Wildman–Crippen LogP) is 4.02. The van der Waals surface area contributed by atoms with Gasteiger partial charge in [0.15, 0.2) is 0 Å². The van der Waals surface area contributed by atoms with E-state index in [1.807, 2.05) is 11.8 Å². The lowest BCUT2D eigenvalue weighted by Crippen LogP contribution is -2.27. The summed E-state index contributed by atoms with van der Waals surface area (Å²) < 4.78 is 11.3. The molecule has 1 N–H and O–H groups in total. The molecule has 4 heteroatoms. The average Bonchev–Trinajstić information content (AvgIpc) is 2.46. The van der Waals surface area contributed by atoms with Crippen molar-refractivity contribution in [2.75, 3.05) is 20.8 Å². The maximum atomic E-state index is 5.63. The fraction of sp³-hybridized carbons (Fsp3) is 0.625. The Balaban J connectivity index is 2.37. The highest BCUT2D eigenvalue weighted by Crippen LogP contribution is 2.41. The molecule has 0 saturated carbocycles. The Morgan fingerprint density at radius 1 is 1.15 bits per heavy atom. The first-order valence-corrected chi connectivity index (χ1v) is 8.19. The second kappa shape index (κ2) is 7.23. The minimum atomic E-state index is 0.340. The summed E-state index contributed by atoms with van der Waals surface area (Å²) in [6, 6.07) is 4.61. The van der Waals surface area contributed by atoms with Crippen molar-refractivity contribution in [2.45, 2.75) is 49.3 Å². The number of rotatable bonds is 5. The van der Waals surface area contributed by atoms with Crippen molar-refractivity contribution in [2.24, 2.45) is 0 Å². The van der Waals surface area contributed by atoms with Crippen LogP contribution in [0.5, 0.6) is 11.5 Å². The highest BCUT2D eigenvalue weighted by atomic mass is 32.2. The zero-order valence-electron chi connectivity index (χ0n) is 12.9. The van der Waals surface area contributed by atoms with E-state index in [4.69, 9.17) is 9.47 Å². The Labute approximate surface area is 126 Å². The molecule has 1 aromatic carbocycles. The third kappa shape index (κ3) is 3.61. The number of benzene rings is 1. The van der Waals surface area contributed by atoms with E-state index >= 15 is 0 Å². The molecule has 1 fully saturated rings. The minimum Gasteiger partial charge on any atom is -0.496 e. The Kier molecular flexibility index (Phi) is 5.61. The Morgan fingerprint density at radius 3 is 2.25 bits per heavy atom. The normalized spacial score (nSPS) is 19.1. The number of thioether (sulfide) groups is 1. The Morgan fingerprint density at radius 2 is 1.80 bits per heavy atom. The van der Waals surface area contributed by atoms with Crippen LogP contribution in [0.15, 0.2) is 17.0 Å². The van der Waals surface area contributed by atoms with Gasteiger partial charge < -0.3 is 14.8 Å². The van der Waals surface area contributed by atoms with E-state index < -0.39 is 0 Å². The second-order valence-electron chi connectivity index (χ2n) is 5.41. The van der Waals surface area contributed by atoms with E-state index in [0.717, 1.165) is 24.5 Å². The first kappa shape index (κ1) is 15.5. The highest BCUT2D eigenvalue weighted by molar-refractivity contribution is 7.99. The molecule has 0 bridgehead atoms. The van der Waals surface area contributed by atoms with Gasteiger partial charge in [0.2, 0.25) is 0 Å². The SMILES string of the molecule is COc1cc(SC(C)C)cc(OC)c1C1CCCCN1. The van der Waals surface area contributed by atoms with Gasteiger partial charge in [-0.05, 0) is 31.5 Å². The third-order valence-electron chi connectivity index (χ3n) is 3.55. The largest absolute Gasteiger partial charge is 0.496 e. The van der Waals surface area contributed by atoms with E-state index in [0.29, 0.717) is 11.3 Å². The van der Waals surface area contributed by atoms with Crippen LogP contribution in [0.25, 0.3) is 0 Å². The van der Waals surface area contributed by atoms with Crippen molar-refractivity contribution in [3.05, 3.63) is 17.7 Å². The number of methoxy groups -OCH3 is 2. The summed E-state index contributed by atoms with van der Waals surface area (Å²) in [6.45, 7) is 5.46. The topological polar surface area (TPSA) is 30.5 Å².